The van der Waals surface area contributed by atoms with Crippen LogP contribution in [0.3, 0.4) is 0 Å². The molecule has 0 aliphatic carbocycles. The van der Waals surface area contributed by atoms with E-state index >= 15 is 0 Å². The highest BCUT2D eigenvalue weighted by atomic mass is 15.1. The number of hydrogen-bond donors (Lipinski definition) is 0. The van der Waals surface area contributed by atoms with Crippen LogP contribution in [-0.2, 0) is 6.54 Å². The van der Waals surface area contributed by atoms with Crippen molar-refractivity contribution in [1.82, 2.24) is 9.88 Å². The zero-order valence-corrected chi connectivity index (χ0v) is 10.7. The summed E-state index contributed by atoms with van der Waals surface area (Å²) in [6.45, 7) is 7.90. The van der Waals surface area contributed by atoms with Crippen molar-refractivity contribution in [1.29, 1.82) is 0 Å². The first-order chi connectivity index (χ1) is 7.86. The van der Waals surface area contributed by atoms with E-state index in [4.69, 9.17) is 0 Å². The van der Waals surface area contributed by atoms with Gasteiger partial charge in [0.1, 0.15) is 0 Å². The summed E-state index contributed by atoms with van der Waals surface area (Å²) in [6, 6.07) is 6.16. The maximum absolute atomic E-state index is 4.39. The van der Waals surface area contributed by atoms with Crippen LogP contribution in [0.5, 0.6) is 0 Å². The largest absolute Gasteiger partial charge is 0.298 e. The first kappa shape index (κ1) is 13.2. The van der Waals surface area contributed by atoms with Gasteiger partial charge in [-0.3, -0.25) is 9.88 Å². The Morgan fingerprint density at radius 1 is 1.06 bits per heavy atom. The maximum atomic E-state index is 4.39. The fourth-order valence-corrected chi connectivity index (χ4v) is 1.75. The Bertz CT molecular complexity index is 251. The lowest BCUT2D eigenvalue weighted by Crippen LogP contribution is -2.26. The second kappa shape index (κ2) is 8.28. The summed E-state index contributed by atoms with van der Waals surface area (Å²) in [7, 11) is 0. The number of aromatic nitrogens is 1. The third-order valence-corrected chi connectivity index (χ3v) is 2.77. The Labute approximate surface area is 99.7 Å². The highest BCUT2D eigenvalue weighted by Gasteiger charge is 2.05. The summed E-state index contributed by atoms with van der Waals surface area (Å²) in [5.74, 6) is 0. The molecule has 0 saturated carbocycles. The van der Waals surface area contributed by atoms with E-state index < -0.39 is 0 Å². The van der Waals surface area contributed by atoms with E-state index in [2.05, 4.69) is 35.9 Å². The smallest absolute Gasteiger partial charge is 0.0543 e. The molecule has 1 aromatic heterocycles. The van der Waals surface area contributed by atoms with Gasteiger partial charge in [-0.15, -0.1) is 0 Å². The molecule has 0 aliphatic rings. The van der Waals surface area contributed by atoms with E-state index in [9.17, 15) is 0 Å². The van der Waals surface area contributed by atoms with Crippen LogP contribution in [0, 0.1) is 0 Å². The Kier molecular flexibility index (Phi) is 6.82. The SMILES string of the molecule is CCCCN(CCCC)Cc1ccccn1. The molecular weight excluding hydrogens is 196 g/mol. The lowest BCUT2D eigenvalue weighted by molar-refractivity contribution is 0.254. The monoisotopic (exact) mass is 220 g/mol. The molecule has 0 N–H and O–H groups in total. The van der Waals surface area contributed by atoms with Crippen molar-refractivity contribution in [2.75, 3.05) is 13.1 Å². The molecule has 0 unspecified atom stereocenters. The standard InChI is InChI=1S/C14H24N2/c1-3-5-11-16(12-6-4-2)13-14-9-7-8-10-15-14/h7-10H,3-6,11-13H2,1-2H3. The summed E-state index contributed by atoms with van der Waals surface area (Å²) in [5.41, 5.74) is 1.19. The van der Waals surface area contributed by atoms with Gasteiger partial charge < -0.3 is 0 Å². The van der Waals surface area contributed by atoms with Crippen molar-refractivity contribution < 1.29 is 0 Å². The quantitative estimate of drug-likeness (QED) is 0.666. The molecule has 0 amide bonds. The Balaban J connectivity index is 2.42. The maximum Gasteiger partial charge on any atom is 0.0543 e. The molecular formula is C14H24N2. The first-order valence-electron chi connectivity index (χ1n) is 6.49. The molecule has 0 saturated heterocycles. The van der Waals surface area contributed by atoms with E-state index in [1.165, 1.54) is 44.5 Å². The van der Waals surface area contributed by atoms with Gasteiger partial charge in [0, 0.05) is 12.7 Å². The van der Waals surface area contributed by atoms with Crippen molar-refractivity contribution >= 4 is 0 Å². The molecule has 1 aromatic rings. The average molecular weight is 220 g/mol. The zero-order valence-electron chi connectivity index (χ0n) is 10.7. The van der Waals surface area contributed by atoms with E-state index in [0.717, 1.165) is 6.54 Å². The summed E-state index contributed by atoms with van der Waals surface area (Å²) in [4.78, 5) is 6.92. The van der Waals surface area contributed by atoms with Gasteiger partial charge in [0.2, 0.25) is 0 Å². The zero-order chi connectivity index (χ0) is 11.6. The number of rotatable bonds is 8. The molecule has 0 aliphatic heterocycles. The van der Waals surface area contributed by atoms with Gasteiger partial charge in [0.25, 0.3) is 0 Å². The Morgan fingerprint density at radius 3 is 2.25 bits per heavy atom. The van der Waals surface area contributed by atoms with Gasteiger partial charge in [0.15, 0.2) is 0 Å². The molecule has 1 rings (SSSR count). The highest BCUT2D eigenvalue weighted by Crippen LogP contribution is 2.05. The molecule has 0 atom stereocenters. The minimum absolute atomic E-state index is 1.00. The molecule has 16 heavy (non-hydrogen) atoms. The topological polar surface area (TPSA) is 16.1 Å². The van der Waals surface area contributed by atoms with Crippen LogP contribution in [0.2, 0.25) is 0 Å². The lowest BCUT2D eigenvalue weighted by Gasteiger charge is -2.21. The van der Waals surface area contributed by atoms with Crippen molar-refractivity contribution in [3.8, 4) is 0 Å². The molecule has 0 fully saturated rings. The number of pyridine rings is 1. The van der Waals surface area contributed by atoms with Gasteiger partial charge in [0.05, 0.1) is 5.69 Å². The Morgan fingerprint density at radius 2 is 1.75 bits per heavy atom. The molecule has 2 heteroatoms. The third kappa shape index (κ3) is 5.26. The number of nitrogens with zero attached hydrogens (tertiary/aromatic N) is 2. The van der Waals surface area contributed by atoms with Crippen LogP contribution in [-0.4, -0.2) is 23.0 Å². The highest BCUT2D eigenvalue weighted by molar-refractivity contribution is 5.03. The van der Waals surface area contributed by atoms with Crippen molar-refractivity contribution in [3.63, 3.8) is 0 Å². The molecule has 0 spiro atoms. The van der Waals surface area contributed by atoms with Crippen LogP contribution < -0.4 is 0 Å². The predicted molar refractivity (Wildman–Crippen MR) is 69.3 cm³/mol. The van der Waals surface area contributed by atoms with Gasteiger partial charge in [-0.25, -0.2) is 0 Å². The van der Waals surface area contributed by atoms with Crippen LogP contribution in [0.25, 0.3) is 0 Å². The normalized spacial score (nSPS) is 10.9. The molecule has 90 valence electrons. The molecule has 0 radical (unpaired) electrons. The summed E-state index contributed by atoms with van der Waals surface area (Å²) in [6.07, 6.45) is 7.00. The second-order valence-corrected chi connectivity index (χ2v) is 4.30. The van der Waals surface area contributed by atoms with E-state index in [1.807, 2.05) is 12.3 Å². The second-order valence-electron chi connectivity index (χ2n) is 4.30. The van der Waals surface area contributed by atoms with Crippen molar-refractivity contribution in [2.24, 2.45) is 0 Å². The molecule has 0 bridgehead atoms. The fourth-order valence-electron chi connectivity index (χ4n) is 1.75. The minimum Gasteiger partial charge on any atom is -0.298 e. The fraction of sp³-hybridized carbons (Fsp3) is 0.643. The predicted octanol–water partition coefficient (Wildman–Crippen LogP) is 3.48. The van der Waals surface area contributed by atoms with Crippen LogP contribution >= 0.6 is 0 Å². The van der Waals surface area contributed by atoms with Gasteiger partial charge in [-0.2, -0.15) is 0 Å². The van der Waals surface area contributed by atoms with Crippen molar-refractivity contribution in [3.05, 3.63) is 30.1 Å². The van der Waals surface area contributed by atoms with E-state index in [1.54, 1.807) is 0 Å². The molecule has 0 aromatic carbocycles. The summed E-state index contributed by atoms with van der Waals surface area (Å²) < 4.78 is 0. The first-order valence-corrected chi connectivity index (χ1v) is 6.49. The summed E-state index contributed by atoms with van der Waals surface area (Å²) in [5, 5.41) is 0. The van der Waals surface area contributed by atoms with Crippen LogP contribution in [0.15, 0.2) is 24.4 Å². The van der Waals surface area contributed by atoms with Gasteiger partial charge in [-0.1, -0.05) is 32.8 Å². The van der Waals surface area contributed by atoms with Gasteiger partial charge in [-0.05, 0) is 38.1 Å². The number of hydrogen-bond acceptors (Lipinski definition) is 2. The summed E-state index contributed by atoms with van der Waals surface area (Å²) >= 11 is 0. The molecule has 1 heterocycles. The van der Waals surface area contributed by atoms with Crippen LogP contribution in [0.1, 0.15) is 45.2 Å². The average Bonchev–Trinajstić information content (AvgIpc) is 2.34. The lowest BCUT2D eigenvalue weighted by atomic mass is 10.2. The number of unbranched alkanes of at least 4 members (excludes halogenated alkanes) is 2. The van der Waals surface area contributed by atoms with E-state index in [-0.39, 0.29) is 0 Å². The van der Waals surface area contributed by atoms with Crippen LogP contribution in [0.4, 0.5) is 0 Å². The third-order valence-electron chi connectivity index (χ3n) is 2.77. The van der Waals surface area contributed by atoms with Crippen molar-refractivity contribution in [2.45, 2.75) is 46.1 Å². The molecule has 2 nitrogen and oxygen atoms in total. The van der Waals surface area contributed by atoms with E-state index in [0.29, 0.717) is 0 Å². The van der Waals surface area contributed by atoms with Gasteiger partial charge >= 0.3 is 0 Å². The Hall–Kier alpha value is -0.890. The minimum atomic E-state index is 1.00.